The summed E-state index contributed by atoms with van der Waals surface area (Å²) >= 11 is 0. The van der Waals surface area contributed by atoms with Gasteiger partial charge in [-0.3, -0.25) is 0 Å². The molecule has 0 fully saturated rings. The van der Waals surface area contributed by atoms with Crippen molar-refractivity contribution in [3.63, 3.8) is 0 Å². The van der Waals surface area contributed by atoms with Gasteiger partial charge in [0.2, 0.25) is 0 Å². The van der Waals surface area contributed by atoms with Crippen molar-refractivity contribution in [3.8, 4) is 56.4 Å². The fourth-order valence-electron chi connectivity index (χ4n) is 12.3. The van der Waals surface area contributed by atoms with Gasteiger partial charge in [0.1, 0.15) is 0 Å². The number of aromatic nitrogens is 3. The third-order valence-electron chi connectivity index (χ3n) is 15.1. The van der Waals surface area contributed by atoms with E-state index < -0.39 is 8.07 Å². The zero-order chi connectivity index (χ0) is 45.9. The number of hydrogen-bond donors (Lipinski definition) is 0. The molecule has 324 valence electrons. The van der Waals surface area contributed by atoms with Crippen LogP contribution in [0.25, 0.3) is 56.4 Å². The van der Waals surface area contributed by atoms with E-state index in [0.717, 1.165) is 28.1 Å². The van der Waals surface area contributed by atoms with Crippen LogP contribution in [0, 0.1) is 0 Å². The number of anilines is 6. The number of rotatable bonds is 5. The van der Waals surface area contributed by atoms with Gasteiger partial charge in [-0.1, -0.05) is 194 Å². The second-order valence-electron chi connectivity index (χ2n) is 18.6. The summed E-state index contributed by atoms with van der Waals surface area (Å²) in [5, 5.41) is 5.62. The summed E-state index contributed by atoms with van der Waals surface area (Å²) < 4.78 is 0. The van der Waals surface area contributed by atoms with Gasteiger partial charge in [0.15, 0.2) is 25.5 Å². The minimum Gasteiger partial charge on any atom is -0.311 e. The third kappa shape index (κ3) is 5.46. The molecule has 0 bridgehead atoms. The fourth-order valence-corrected chi connectivity index (χ4v) is 17.9. The first-order valence-electron chi connectivity index (χ1n) is 24.1. The molecule has 7 heteroatoms. The summed E-state index contributed by atoms with van der Waals surface area (Å²) in [6.45, 7) is 0.00390. The van der Waals surface area contributed by atoms with E-state index in [1.54, 1.807) is 0 Å². The molecule has 0 radical (unpaired) electrons. The zero-order valence-corrected chi connectivity index (χ0v) is 38.9. The van der Waals surface area contributed by atoms with Crippen molar-refractivity contribution >= 4 is 86.0 Å². The lowest BCUT2D eigenvalue weighted by atomic mass is 9.33. The topological polar surface area (TPSA) is 45.2 Å². The Balaban J connectivity index is 1.01. The van der Waals surface area contributed by atoms with Crippen molar-refractivity contribution in [2.75, 3.05) is 9.80 Å². The van der Waals surface area contributed by atoms with Crippen molar-refractivity contribution in [1.82, 2.24) is 15.0 Å². The van der Waals surface area contributed by atoms with Crippen molar-refractivity contribution < 1.29 is 0 Å². The first-order valence-corrected chi connectivity index (χ1v) is 26.1. The van der Waals surface area contributed by atoms with Gasteiger partial charge in [-0.05, 0) is 108 Å². The van der Waals surface area contributed by atoms with Gasteiger partial charge < -0.3 is 9.80 Å². The Hall–Kier alpha value is -8.91. The molecule has 4 aliphatic rings. The lowest BCUT2D eigenvalue weighted by Crippen LogP contribution is -2.71. The van der Waals surface area contributed by atoms with Crippen LogP contribution in [0.15, 0.2) is 243 Å². The van der Waals surface area contributed by atoms with E-state index in [1.807, 2.05) is 36.4 Å². The molecule has 0 N–H and O–H groups in total. The molecule has 0 saturated carbocycles. The van der Waals surface area contributed by atoms with Gasteiger partial charge >= 0.3 is 0 Å². The molecular weight excluding hydrogens is 866 g/mol. The molecule has 70 heavy (non-hydrogen) atoms. The molecule has 11 aromatic rings. The Morgan fingerprint density at radius 2 is 0.757 bits per heavy atom. The normalized spacial score (nSPS) is 15.1. The van der Waals surface area contributed by atoms with Crippen LogP contribution in [0.1, 0.15) is 0 Å². The summed E-state index contributed by atoms with van der Waals surface area (Å²) in [5.41, 5.74) is 19.2. The molecule has 1 atom stereocenters. The quantitative estimate of drug-likeness (QED) is 0.161. The molecule has 10 aromatic carbocycles. The van der Waals surface area contributed by atoms with Crippen LogP contribution in [0.2, 0.25) is 0 Å². The minimum atomic E-state index is -3.01. The van der Waals surface area contributed by atoms with Gasteiger partial charge in [0.25, 0.3) is 6.71 Å². The highest BCUT2D eigenvalue weighted by atomic mass is 28.3. The molecule has 1 aromatic heterocycles. The maximum absolute atomic E-state index is 5.26. The van der Waals surface area contributed by atoms with Crippen LogP contribution in [0.3, 0.4) is 0 Å². The lowest BCUT2D eigenvalue weighted by Gasteiger charge is -2.44. The molecular formula is C63H40BN5Si. The Labute approximate surface area is 407 Å². The van der Waals surface area contributed by atoms with Gasteiger partial charge in [-0.25, -0.2) is 15.0 Å². The fraction of sp³-hybridized carbons (Fsp3) is 0. The van der Waals surface area contributed by atoms with Crippen LogP contribution in [-0.4, -0.2) is 29.7 Å². The number of para-hydroxylation sites is 3. The summed E-state index contributed by atoms with van der Waals surface area (Å²) in [4.78, 5) is 20.6. The van der Waals surface area contributed by atoms with E-state index in [0.29, 0.717) is 17.5 Å². The molecule has 4 aliphatic heterocycles. The second-order valence-corrected chi connectivity index (χ2v) is 22.3. The van der Waals surface area contributed by atoms with Crippen molar-refractivity contribution in [1.29, 1.82) is 0 Å². The average molecular weight is 906 g/mol. The Morgan fingerprint density at radius 3 is 1.37 bits per heavy atom. The van der Waals surface area contributed by atoms with Crippen molar-refractivity contribution in [2.24, 2.45) is 0 Å². The van der Waals surface area contributed by atoms with E-state index in [1.165, 1.54) is 82.1 Å². The first-order chi connectivity index (χ1) is 34.7. The highest BCUT2D eigenvalue weighted by molar-refractivity contribution is 7.24. The highest BCUT2D eigenvalue weighted by Gasteiger charge is 2.55. The van der Waals surface area contributed by atoms with E-state index in [-0.39, 0.29) is 6.71 Å². The predicted molar refractivity (Wildman–Crippen MR) is 292 cm³/mol. The minimum absolute atomic E-state index is 0.00390. The maximum atomic E-state index is 5.26. The number of hydrogen-bond acceptors (Lipinski definition) is 5. The summed E-state index contributed by atoms with van der Waals surface area (Å²) in [7, 11) is -3.01. The lowest BCUT2D eigenvalue weighted by molar-refractivity contribution is 1.07. The predicted octanol–water partition coefficient (Wildman–Crippen LogP) is 10.3. The van der Waals surface area contributed by atoms with Gasteiger partial charge in [-0.15, -0.1) is 0 Å². The largest absolute Gasteiger partial charge is 0.311 e. The zero-order valence-electron chi connectivity index (χ0n) is 37.9. The standard InChI is InChI=1S/C63H40BN5Si/c1-5-20-41(21-6-1)61-65-62(42-22-7-2-8-23-42)67-63(66-61)43-36-37-48-46-28-13-17-34-56(46)70(58(48)38-43)57-35-18-14-29-47(57)49-39-51-55(40-59(49)70)69(45-26-11-4-12-27-45)54-33-19-32-53-60(54)64(51)50-30-15-16-31-52(50)68(53)44-24-9-3-10-25-44/h1-40H. The first kappa shape index (κ1) is 39.1. The maximum Gasteiger partial charge on any atom is 0.252 e. The van der Waals surface area contributed by atoms with E-state index in [2.05, 4.69) is 216 Å². The van der Waals surface area contributed by atoms with E-state index >= 15 is 0 Å². The van der Waals surface area contributed by atoms with Gasteiger partial charge in [0.05, 0.1) is 0 Å². The average Bonchev–Trinajstić information content (AvgIpc) is 3.90. The van der Waals surface area contributed by atoms with Crippen molar-refractivity contribution in [3.05, 3.63) is 243 Å². The molecule has 0 saturated heterocycles. The Bertz CT molecular complexity index is 3870. The van der Waals surface area contributed by atoms with Crippen LogP contribution < -0.4 is 46.9 Å². The highest BCUT2D eigenvalue weighted by Crippen LogP contribution is 2.46. The molecule has 1 unspecified atom stereocenters. The second kappa shape index (κ2) is 15.0. The number of fused-ring (bicyclic) bond motifs is 14. The number of nitrogens with zero attached hydrogens (tertiary/aromatic N) is 5. The summed E-state index contributed by atoms with van der Waals surface area (Å²) in [6, 6.07) is 89.0. The number of benzene rings is 10. The Kier molecular flexibility index (Phi) is 8.41. The summed E-state index contributed by atoms with van der Waals surface area (Å²) in [5.74, 6) is 1.98. The molecule has 5 nitrogen and oxygen atoms in total. The molecule has 5 heterocycles. The third-order valence-corrected chi connectivity index (χ3v) is 20.0. The Morgan fingerprint density at radius 1 is 0.300 bits per heavy atom. The van der Waals surface area contributed by atoms with E-state index in [4.69, 9.17) is 15.0 Å². The molecule has 15 rings (SSSR count). The van der Waals surface area contributed by atoms with Crippen LogP contribution in [0.4, 0.5) is 34.1 Å². The SMILES string of the molecule is c1ccc(-c2nc(-c3ccccc3)nc(-c3ccc4c(c3)[Si]3(c5ccccc5-4)c4ccccc4-c4cc5c(cc43)N(c3ccccc3)c3cccc4c3B5c3ccccc3N4c3ccccc3)n2)cc1. The van der Waals surface area contributed by atoms with Gasteiger partial charge in [-0.2, -0.15) is 0 Å². The molecule has 1 spiro atoms. The molecule has 0 amide bonds. The smallest absolute Gasteiger partial charge is 0.252 e. The summed E-state index contributed by atoms with van der Waals surface area (Å²) in [6.07, 6.45) is 0. The van der Waals surface area contributed by atoms with Crippen molar-refractivity contribution in [2.45, 2.75) is 0 Å². The monoisotopic (exact) mass is 905 g/mol. The van der Waals surface area contributed by atoms with E-state index in [9.17, 15) is 0 Å². The molecule has 0 aliphatic carbocycles. The van der Waals surface area contributed by atoms with Crippen LogP contribution >= 0.6 is 0 Å². The van der Waals surface area contributed by atoms with Gasteiger partial charge in [0, 0.05) is 50.8 Å². The van der Waals surface area contributed by atoms with Crippen LogP contribution in [0.5, 0.6) is 0 Å². The van der Waals surface area contributed by atoms with Crippen LogP contribution in [-0.2, 0) is 0 Å².